The van der Waals surface area contributed by atoms with Gasteiger partial charge in [-0.15, -0.1) is 4.40 Å². The first kappa shape index (κ1) is 22.4. The number of amides is 1. The van der Waals surface area contributed by atoms with E-state index in [1.165, 1.54) is 0 Å². The van der Waals surface area contributed by atoms with E-state index in [9.17, 15) is 13.2 Å². The van der Waals surface area contributed by atoms with Crippen LogP contribution in [0, 0.1) is 6.92 Å². The highest BCUT2D eigenvalue weighted by Gasteiger charge is 2.31. The molecule has 0 bridgehead atoms. The number of hydrogen-bond acceptors (Lipinski definition) is 5. The van der Waals surface area contributed by atoms with Crippen molar-refractivity contribution in [2.45, 2.75) is 18.4 Å². The standard InChI is InChI=1S/C23H20ClN3O3S2/c1-16-11-12-19(18(24)13-16)25-22(28)15-31-23-26-32(29,30)21-10-6-5-9-20(21)27(23)14-17-7-3-2-4-8-17/h2-13H,14-15H2,1H3,(H,25,28). The smallest absolute Gasteiger partial charge is 0.286 e. The Bertz CT molecular complexity index is 1290. The van der Waals surface area contributed by atoms with E-state index in [1.807, 2.05) is 48.2 Å². The van der Waals surface area contributed by atoms with Gasteiger partial charge in [-0.1, -0.05) is 71.9 Å². The third kappa shape index (κ3) is 4.98. The van der Waals surface area contributed by atoms with Gasteiger partial charge < -0.3 is 10.2 Å². The molecule has 32 heavy (non-hydrogen) atoms. The number of rotatable bonds is 5. The van der Waals surface area contributed by atoms with Crippen molar-refractivity contribution in [3.05, 3.63) is 88.9 Å². The molecule has 1 N–H and O–H groups in total. The number of nitrogens with one attached hydrogen (secondary N) is 1. The molecule has 1 aliphatic rings. The van der Waals surface area contributed by atoms with E-state index in [0.717, 1.165) is 22.9 Å². The number of carbonyl (C=O) groups excluding carboxylic acids is 1. The number of nitrogens with zero attached hydrogens (tertiary/aromatic N) is 2. The van der Waals surface area contributed by atoms with Gasteiger partial charge in [0.1, 0.15) is 4.90 Å². The van der Waals surface area contributed by atoms with Gasteiger partial charge in [-0.25, -0.2) is 0 Å². The highest BCUT2D eigenvalue weighted by atomic mass is 35.5. The maximum absolute atomic E-state index is 12.7. The molecule has 4 rings (SSSR count). The van der Waals surface area contributed by atoms with Crippen molar-refractivity contribution in [3.63, 3.8) is 0 Å². The number of amidine groups is 1. The summed E-state index contributed by atoms with van der Waals surface area (Å²) in [5.74, 6) is -0.328. The second kappa shape index (κ2) is 9.36. The third-order valence-corrected chi connectivity index (χ3v) is 7.50. The number of sulfonamides is 1. The minimum atomic E-state index is -3.86. The van der Waals surface area contributed by atoms with Crippen LogP contribution >= 0.6 is 23.4 Å². The predicted octanol–water partition coefficient (Wildman–Crippen LogP) is 5.09. The van der Waals surface area contributed by atoms with Crippen molar-refractivity contribution in [3.8, 4) is 0 Å². The zero-order valence-corrected chi connectivity index (χ0v) is 19.5. The fraction of sp³-hybridized carbons (Fsp3) is 0.130. The number of hydrogen-bond donors (Lipinski definition) is 1. The molecule has 0 aromatic heterocycles. The lowest BCUT2D eigenvalue weighted by Crippen LogP contribution is -2.34. The number of thioether (sulfide) groups is 1. The predicted molar refractivity (Wildman–Crippen MR) is 131 cm³/mol. The molecule has 164 valence electrons. The van der Waals surface area contributed by atoms with Crippen molar-refractivity contribution in [1.82, 2.24) is 0 Å². The summed E-state index contributed by atoms with van der Waals surface area (Å²) in [5, 5.41) is 3.46. The number of benzene rings is 3. The number of fused-ring (bicyclic) bond motifs is 1. The first-order chi connectivity index (χ1) is 15.3. The lowest BCUT2D eigenvalue weighted by atomic mass is 10.2. The van der Waals surface area contributed by atoms with Gasteiger partial charge in [0.2, 0.25) is 5.91 Å². The second-order valence-electron chi connectivity index (χ2n) is 7.21. The zero-order valence-electron chi connectivity index (χ0n) is 17.2. The van der Waals surface area contributed by atoms with E-state index >= 15 is 0 Å². The van der Waals surface area contributed by atoms with Crippen molar-refractivity contribution >= 4 is 55.8 Å². The molecule has 0 aliphatic carbocycles. The Balaban J connectivity index is 1.57. The third-order valence-electron chi connectivity index (χ3n) is 4.78. The Hall–Kier alpha value is -2.81. The van der Waals surface area contributed by atoms with Crippen LogP contribution < -0.4 is 10.2 Å². The Kier molecular flexibility index (Phi) is 6.55. The summed E-state index contributed by atoms with van der Waals surface area (Å²) in [6.07, 6.45) is 0. The molecule has 0 spiro atoms. The molecule has 9 heteroatoms. The summed E-state index contributed by atoms with van der Waals surface area (Å²) in [6, 6.07) is 21.8. The van der Waals surface area contributed by atoms with E-state index in [-0.39, 0.29) is 21.7 Å². The molecule has 1 aliphatic heterocycles. The molecule has 0 unspecified atom stereocenters. The molecule has 6 nitrogen and oxygen atoms in total. The summed E-state index contributed by atoms with van der Waals surface area (Å²) in [7, 11) is -3.86. The Morgan fingerprint density at radius 3 is 2.53 bits per heavy atom. The van der Waals surface area contributed by atoms with Gasteiger partial charge in [-0.2, -0.15) is 8.42 Å². The zero-order chi connectivity index (χ0) is 22.7. The van der Waals surface area contributed by atoms with Crippen LogP contribution in [0.5, 0.6) is 0 Å². The minimum Gasteiger partial charge on any atom is -0.324 e. The highest BCUT2D eigenvalue weighted by molar-refractivity contribution is 8.15. The van der Waals surface area contributed by atoms with Crippen molar-refractivity contribution in [2.24, 2.45) is 4.40 Å². The normalized spacial score (nSPS) is 14.4. The molecule has 3 aromatic rings. The van der Waals surface area contributed by atoms with Crippen LogP contribution in [-0.2, 0) is 21.4 Å². The van der Waals surface area contributed by atoms with E-state index in [1.54, 1.807) is 36.4 Å². The summed E-state index contributed by atoms with van der Waals surface area (Å²) < 4.78 is 29.5. The van der Waals surface area contributed by atoms with Crippen LogP contribution in [0.3, 0.4) is 0 Å². The maximum atomic E-state index is 12.7. The summed E-state index contributed by atoms with van der Waals surface area (Å²) in [6.45, 7) is 2.33. The van der Waals surface area contributed by atoms with Crippen LogP contribution in [-0.4, -0.2) is 25.2 Å². The molecule has 1 heterocycles. The van der Waals surface area contributed by atoms with Gasteiger partial charge in [0.05, 0.1) is 28.7 Å². The second-order valence-corrected chi connectivity index (χ2v) is 10.1. The number of para-hydroxylation sites is 1. The summed E-state index contributed by atoms with van der Waals surface area (Å²) in [4.78, 5) is 14.5. The monoisotopic (exact) mass is 485 g/mol. The van der Waals surface area contributed by atoms with Gasteiger partial charge in [0.25, 0.3) is 10.0 Å². The van der Waals surface area contributed by atoms with Gasteiger partial charge in [-0.05, 0) is 42.3 Å². The lowest BCUT2D eigenvalue weighted by molar-refractivity contribution is -0.113. The van der Waals surface area contributed by atoms with E-state index in [4.69, 9.17) is 11.6 Å². The largest absolute Gasteiger partial charge is 0.324 e. The van der Waals surface area contributed by atoms with Gasteiger partial charge in [0.15, 0.2) is 5.17 Å². The average Bonchev–Trinajstić information content (AvgIpc) is 2.77. The molecule has 3 aromatic carbocycles. The molecule has 0 saturated heterocycles. The Morgan fingerprint density at radius 2 is 1.78 bits per heavy atom. The minimum absolute atomic E-state index is 0.0218. The maximum Gasteiger partial charge on any atom is 0.286 e. The number of halogens is 1. The van der Waals surface area contributed by atoms with Gasteiger partial charge >= 0.3 is 0 Å². The lowest BCUT2D eigenvalue weighted by Gasteiger charge is -2.30. The number of carbonyl (C=O) groups is 1. The quantitative estimate of drug-likeness (QED) is 0.544. The van der Waals surface area contributed by atoms with Crippen LogP contribution in [0.15, 0.2) is 82.1 Å². The summed E-state index contributed by atoms with van der Waals surface area (Å²) >= 11 is 7.27. The van der Waals surface area contributed by atoms with Crippen LogP contribution in [0.4, 0.5) is 11.4 Å². The first-order valence-electron chi connectivity index (χ1n) is 9.78. The van der Waals surface area contributed by atoms with E-state index in [0.29, 0.717) is 22.9 Å². The fourth-order valence-corrected chi connectivity index (χ4v) is 5.80. The topological polar surface area (TPSA) is 78.8 Å². The Labute approximate surface area is 196 Å². The Morgan fingerprint density at radius 1 is 1.06 bits per heavy atom. The molecule has 0 saturated carbocycles. The fourth-order valence-electron chi connectivity index (χ4n) is 3.26. The van der Waals surface area contributed by atoms with Crippen molar-refractivity contribution < 1.29 is 13.2 Å². The first-order valence-corrected chi connectivity index (χ1v) is 12.6. The molecule has 1 amide bonds. The van der Waals surface area contributed by atoms with Crippen LogP contribution in [0.1, 0.15) is 11.1 Å². The van der Waals surface area contributed by atoms with Crippen LogP contribution in [0.25, 0.3) is 0 Å². The molecular weight excluding hydrogens is 466 g/mol. The van der Waals surface area contributed by atoms with E-state index in [2.05, 4.69) is 9.71 Å². The van der Waals surface area contributed by atoms with Gasteiger partial charge in [-0.3, -0.25) is 4.79 Å². The van der Waals surface area contributed by atoms with E-state index < -0.39 is 10.0 Å². The van der Waals surface area contributed by atoms with Crippen molar-refractivity contribution in [2.75, 3.05) is 16.0 Å². The number of anilines is 2. The molecule has 0 radical (unpaired) electrons. The SMILES string of the molecule is Cc1ccc(NC(=O)CSC2=NS(=O)(=O)c3ccccc3N2Cc2ccccc2)c(Cl)c1. The average molecular weight is 486 g/mol. The molecular formula is C23H20ClN3O3S2. The highest BCUT2D eigenvalue weighted by Crippen LogP contribution is 2.35. The molecule has 0 atom stereocenters. The molecule has 0 fully saturated rings. The van der Waals surface area contributed by atoms with Gasteiger partial charge in [0, 0.05) is 0 Å². The van der Waals surface area contributed by atoms with Crippen molar-refractivity contribution in [1.29, 1.82) is 0 Å². The number of aryl methyl sites for hydroxylation is 1. The summed E-state index contributed by atoms with van der Waals surface area (Å²) in [5.41, 5.74) is 3.02. The van der Waals surface area contributed by atoms with Crippen LogP contribution in [0.2, 0.25) is 5.02 Å².